The molecule has 0 unspecified atom stereocenters. The topological polar surface area (TPSA) is 116 Å². The molecule has 0 saturated heterocycles. The van der Waals surface area contributed by atoms with Crippen LogP contribution < -0.4 is 20.1 Å². The van der Waals surface area contributed by atoms with Gasteiger partial charge in [0.15, 0.2) is 11.5 Å². The van der Waals surface area contributed by atoms with Crippen LogP contribution in [0.3, 0.4) is 0 Å². The van der Waals surface area contributed by atoms with Gasteiger partial charge in [0.05, 0.1) is 24.1 Å². The number of tetrazole rings is 1. The van der Waals surface area contributed by atoms with E-state index in [9.17, 15) is 4.79 Å². The van der Waals surface area contributed by atoms with Gasteiger partial charge in [-0.3, -0.25) is 9.78 Å². The Bertz CT molecular complexity index is 1390. The number of allylic oxidation sites excluding steroid dienone is 1. The van der Waals surface area contributed by atoms with E-state index in [1.54, 1.807) is 29.2 Å². The lowest BCUT2D eigenvalue weighted by molar-refractivity contribution is -0.113. The van der Waals surface area contributed by atoms with Crippen molar-refractivity contribution >= 4 is 17.5 Å². The second kappa shape index (κ2) is 10.3. The van der Waals surface area contributed by atoms with Crippen molar-refractivity contribution in [1.29, 1.82) is 0 Å². The third-order valence-electron chi connectivity index (χ3n) is 5.70. The molecule has 10 nitrogen and oxygen atoms in total. The summed E-state index contributed by atoms with van der Waals surface area (Å²) in [5, 5.41) is 18.1. The Morgan fingerprint density at radius 3 is 2.72 bits per heavy atom. The zero-order valence-corrected chi connectivity index (χ0v) is 19.9. The smallest absolute Gasteiger partial charge is 0.255 e. The van der Waals surface area contributed by atoms with E-state index in [1.807, 2.05) is 62.4 Å². The minimum Gasteiger partial charge on any atom is -0.490 e. The SMILES string of the molecule is CCOc1cc([C@@H]2C(C(=O)Nc3cccnc3)=C(C)Nc3nnnn32)ccc1OCc1ccccc1. The van der Waals surface area contributed by atoms with Crippen molar-refractivity contribution in [3.63, 3.8) is 0 Å². The number of aromatic nitrogens is 5. The summed E-state index contributed by atoms with van der Waals surface area (Å²) < 4.78 is 13.6. The van der Waals surface area contributed by atoms with Crippen LogP contribution in [0.1, 0.15) is 31.0 Å². The number of hydrogen-bond acceptors (Lipinski definition) is 8. The summed E-state index contributed by atoms with van der Waals surface area (Å²) in [5.41, 5.74) is 3.53. The van der Waals surface area contributed by atoms with Crippen LogP contribution in [0.15, 0.2) is 84.3 Å². The Balaban J connectivity index is 1.50. The third-order valence-corrected chi connectivity index (χ3v) is 5.70. The fraction of sp³-hybridized carbons (Fsp3) is 0.192. The molecule has 0 saturated carbocycles. The molecule has 0 spiro atoms. The van der Waals surface area contributed by atoms with E-state index in [0.717, 1.165) is 11.1 Å². The quantitative estimate of drug-likeness (QED) is 0.387. The molecule has 0 bridgehead atoms. The molecular weight excluding hydrogens is 458 g/mol. The Hall–Kier alpha value is -4.73. The lowest BCUT2D eigenvalue weighted by Crippen LogP contribution is -2.31. The fourth-order valence-corrected chi connectivity index (χ4v) is 4.07. The molecule has 36 heavy (non-hydrogen) atoms. The van der Waals surface area contributed by atoms with Gasteiger partial charge >= 0.3 is 0 Å². The van der Waals surface area contributed by atoms with Crippen LogP contribution in [-0.4, -0.2) is 37.7 Å². The van der Waals surface area contributed by atoms with Gasteiger partial charge < -0.3 is 20.1 Å². The molecule has 1 atom stereocenters. The minimum absolute atomic E-state index is 0.290. The minimum atomic E-state index is -0.588. The van der Waals surface area contributed by atoms with Crippen molar-refractivity contribution in [1.82, 2.24) is 25.2 Å². The highest BCUT2D eigenvalue weighted by Gasteiger charge is 2.34. The molecule has 182 valence electrons. The molecule has 0 fully saturated rings. The van der Waals surface area contributed by atoms with E-state index >= 15 is 0 Å². The first-order valence-electron chi connectivity index (χ1n) is 11.5. The van der Waals surface area contributed by atoms with E-state index < -0.39 is 6.04 Å². The average Bonchev–Trinajstić information content (AvgIpc) is 3.36. The summed E-state index contributed by atoms with van der Waals surface area (Å²) in [5.74, 6) is 1.33. The van der Waals surface area contributed by atoms with Gasteiger partial charge in [-0.2, -0.15) is 4.68 Å². The number of ether oxygens (including phenoxy) is 2. The number of benzene rings is 2. The molecule has 3 heterocycles. The Morgan fingerprint density at radius 1 is 1.08 bits per heavy atom. The van der Waals surface area contributed by atoms with Crippen LogP contribution in [-0.2, 0) is 11.4 Å². The van der Waals surface area contributed by atoms with Crippen molar-refractivity contribution < 1.29 is 14.3 Å². The molecule has 0 radical (unpaired) electrons. The number of fused-ring (bicyclic) bond motifs is 1. The maximum absolute atomic E-state index is 13.5. The van der Waals surface area contributed by atoms with Gasteiger partial charge in [-0.05, 0) is 59.7 Å². The van der Waals surface area contributed by atoms with Gasteiger partial charge in [-0.1, -0.05) is 41.5 Å². The Kier molecular flexibility index (Phi) is 6.57. The van der Waals surface area contributed by atoms with Crippen LogP contribution in [0.25, 0.3) is 0 Å². The van der Waals surface area contributed by atoms with Crippen LogP contribution >= 0.6 is 0 Å². The summed E-state index contributed by atoms with van der Waals surface area (Å²) in [6.07, 6.45) is 3.24. The second-order valence-corrected chi connectivity index (χ2v) is 8.12. The maximum atomic E-state index is 13.5. The van der Waals surface area contributed by atoms with Crippen LogP contribution in [0.2, 0.25) is 0 Å². The Morgan fingerprint density at radius 2 is 1.94 bits per heavy atom. The lowest BCUT2D eigenvalue weighted by atomic mass is 9.94. The largest absolute Gasteiger partial charge is 0.490 e. The van der Waals surface area contributed by atoms with Crippen molar-refractivity contribution in [2.24, 2.45) is 0 Å². The third kappa shape index (κ3) is 4.74. The molecule has 1 aliphatic rings. The lowest BCUT2D eigenvalue weighted by Gasteiger charge is -2.28. The zero-order valence-electron chi connectivity index (χ0n) is 19.9. The number of nitrogens with zero attached hydrogens (tertiary/aromatic N) is 5. The number of anilines is 2. The van der Waals surface area contributed by atoms with Gasteiger partial charge in [0, 0.05) is 11.9 Å². The molecule has 2 aromatic carbocycles. The molecule has 2 N–H and O–H groups in total. The standard InChI is InChI=1S/C26H25N7O3/c1-3-35-22-14-19(11-12-21(22)36-16-18-8-5-4-6-9-18)24-23(17(2)28-26-30-31-32-33(24)26)25(34)29-20-10-7-13-27-15-20/h4-15,24H,3,16H2,1-2H3,(H,29,34)(H,28,30,32)/t24-/m1/s1. The van der Waals surface area contributed by atoms with Gasteiger partial charge in [-0.15, -0.1) is 0 Å². The van der Waals surface area contributed by atoms with Crippen LogP contribution in [0.4, 0.5) is 11.6 Å². The highest BCUT2D eigenvalue weighted by atomic mass is 16.5. The van der Waals surface area contributed by atoms with Gasteiger partial charge in [0.25, 0.3) is 5.91 Å². The van der Waals surface area contributed by atoms with Crippen LogP contribution in [0.5, 0.6) is 11.5 Å². The van der Waals surface area contributed by atoms with E-state index in [1.165, 1.54) is 0 Å². The number of carbonyl (C=O) groups excluding carboxylic acids is 1. The first kappa shape index (κ1) is 23.0. The maximum Gasteiger partial charge on any atom is 0.255 e. The zero-order chi connectivity index (χ0) is 24.9. The summed E-state index contributed by atoms with van der Waals surface area (Å²) in [7, 11) is 0. The monoisotopic (exact) mass is 483 g/mol. The highest BCUT2D eigenvalue weighted by Crippen LogP contribution is 2.39. The molecular formula is C26H25N7O3. The second-order valence-electron chi connectivity index (χ2n) is 8.12. The average molecular weight is 484 g/mol. The summed E-state index contributed by atoms with van der Waals surface area (Å²) >= 11 is 0. The van der Waals surface area contributed by atoms with E-state index in [2.05, 4.69) is 31.1 Å². The molecule has 0 aliphatic carbocycles. The normalized spacial score (nSPS) is 14.6. The number of rotatable bonds is 8. The van der Waals surface area contributed by atoms with E-state index in [-0.39, 0.29) is 5.91 Å². The number of amides is 1. The van der Waals surface area contributed by atoms with Crippen LogP contribution in [0, 0.1) is 0 Å². The number of nitrogens with one attached hydrogen (secondary N) is 2. The first-order valence-corrected chi connectivity index (χ1v) is 11.5. The summed E-state index contributed by atoms with van der Waals surface area (Å²) in [6, 6.07) is 18.5. The van der Waals surface area contributed by atoms with Crippen molar-refractivity contribution in [2.45, 2.75) is 26.5 Å². The Labute approximate surface area is 208 Å². The predicted octanol–water partition coefficient (Wildman–Crippen LogP) is 3.97. The van der Waals surface area contributed by atoms with E-state index in [0.29, 0.717) is 47.6 Å². The first-order chi connectivity index (χ1) is 17.6. The number of carbonyl (C=O) groups is 1. The highest BCUT2D eigenvalue weighted by molar-refractivity contribution is 6.05. The summed E-state index contributed by atoms with van der Waals surface area (Å²) in [6.45, 7) is 4.60. The van der Waals surface area contributed by atoms with Gasteiger partial charge in [0.1, 0.15) is 12.6 Å². The molecule has 5 rings (SSSR count). The summed E-state index contributed by atoms with van der Waals surface area (Å²) in [4.78, 5) is 17.5. The van der Waals surface area contributed by atoms with Gasteiger partial charge in [0.2, 0.25) is 5.95 Å². The molecule has 10 heteroatoms. The molecule has 2 aromatic heterocycles. The molecule has 1 amide bonds. The van der Waals surface area contributed by atoms with E-state index in [4.69, 9.17) is 9.47 Å². The van der Waals surface area contributed by atoms with Crippen molar-refractivity contribution in [3.05, 3.63) is 95.5 Å². The predicted molar refractivity (Wildman–Crippen MR) is 134 cm³/mol. The van der Waals surface area contributed by atoms with Crippen molar-refractivity contribution in [2.75, 3.05) is 17.2 Å². The van der Waals surface area contributed by atoms with Crippen molar-refractivity contribution in [3.8, 4) is 11.5 Å². The number of hydrogen-bond donors (Lipinski definition) is 2. The molecule has 1 aliphatic heterocycles. The van der Waals surface area contributed by atoms with Gasteiger partial charge in [-0.25, -0.2) is 0 Å². The fourth-order valence-electron chi connectivity index (χ4n) is 4.07. The number of pyridine rings is 1. The molecule has 4 aromatic rings.